The van der Waals surface area contributed by atoms with Crippen LogP contribution in [0.1, 0.15) is 27.9 Å². The van der Waals surface area contributed by atoms with E-state index in [2.05, 4.69) is 55.5 Å². The van der Waals surface area contributed by atoms with Gasteiger partial charge in [0, 0.05) is 15.9 Å². The number of carbonyl (C=O) groups is 1. The number of benzene rings is 3. The molecule has 7 nitrogen and oxygen atoms in total. The number of hydrogen-bond donors (Lipinski definition) is 1. The van der Waals surface area contributed by atoms with E-state index in [4.69, 9.17) is 14.2 Å². The van der Waals surface area contributed by atoms with Crippen molar-refractivity contribution < 1.29 is 19.0 Å². The lowest BCUT2D eigenvalue weighted by Gasteiger charge is -2.32. The fourth-order valence-electron chi connectivity index (χ4n) is 4.90. The van der Waals surface area contributed by atoms with Crippen molar-refractivity contribution >= 4 is 38.6 Å². The molecule has 5 rings (SSSR count). The lowest BCUT2D eigenvalue weighted by Crippen LogP contribution is -2.38. The molecule has 8 heteroatoms. The van der Waals surface area contributed by atoms with Crippen molar-refractivity contribution in [1.82, 2.24) is 9.97 Å². The van der Waals surface area contributed by atoms with Gasteiger partial charge in [0.1, 0.15) is 18.8 Å². The second-order valence-corrected chi connectivity index (χ2v) is 9.99. The number of nitrogens with one attached hydrogen (secondary N) is 1. The summed E-state index contributed by atoms with van der Waals surface area (Å²) in [5.74, 6) is 1.74. The molecule has 0 aliphatic heterocycles. The third-order valence-electron chi connectivity index (χ3n) is 6.87. The summed E-state index contributed by atoms with van der Waals surface area (Å²) >= 11 is 3.42. The molecular formula is C29H28BrN3O4. The van der Waals surface area contributed by atoms with Crippen molar-refractivity contribution in [2.24, 2.45) is 5.92 Å². The van der Waals surface area contributed by atoms with Gasteiger partial charge in [0.2, 0.25) is 0 Å². The number of aromatic nitrogens is 2. The van der Waals surface area contributed by atoms with Gasteiger partial charge in [-0.05, 0) is 60.6 Å². The van der Waals surface area contributed by atoms with Gasteiger partial charge in [-0.15, -0.1) is 0 Å². The molecular weight excluding hydrogens is 534 g/mol. The first-order valence-corrected chi connectivity index (χ1v) is 13.0. The molecule has 1 aromatic heterocycles. The van der Waals surface area contributed by atoms with E-state index in [9.17, 15) is 4.79 Å². The summed E-state index contributed by atoms with van der Waals surface area (Å²) in [7, 11) is 3.20. The fraction of sp³-hybridized carbons (Fsp3) is 0.276. The number of carbonyl (C=O) groups excluding carboxylic acids is 1. The van der Waals surface area contributed by atoms with Crippen LogP contribution in [0.4, 0.5) is 5.82 Å². The SMILES string of the molecule is COc1cc2ncnc(NC(COC(=O)c3cccc(Br)c3)C3CCc4ccccc4C3)c2cc1OC. The monoisotopic (exact) mass is 561 g/mol. The Morgan fingerprint density at radius 3 is 2.59 bits per heavy atom. The Balaban J connectivity index is 1.44. The average molecular weight is 562 g/mol. The number of rotatable bonds is 8. The predicted octanol–water partition coefficient (Wildman–Crippen LogP) is 5.85. The van der Waals surface area contributed by atoms with E-state index in [1.54, 1.807) is 26.4 Å². The van der Waals surface area contributed by atoms with Crippen LogP contribution in [0.3, 0.4) is 0 Å². The number of nitrogens with zero attached hydrogens (tertiary/aromatic N) is 2. The van der Waals surface area contributed by atoms with Crippen molar-refractivity contribution in [2.45, 2.75) is 25.3 Å². The minimum atomic E-state index is -0.358. The highest BCUT2D eigenvalue weighted by atomic mass is 79.9. The second-order valence-electron chi connectivity index (χ2n) is 9.08. The van der Waals surface area contributed by atoms with Crippen LogP contribution < -0.4 is 14.8 Å². The van der Waals surface area contributed by atoms with E-state index in [0.717, 1.165) is 34.6 Å². The van der Waals surface area contributed by atoms with Crippen LogP contribution in [-0.2, 0) is 17.6 Å². The molecule has 0 radical (unpaired) electrons. The summed E-state index contributed by atoms with van der Waals surface area (Å²) in [6.07, 6.45) is 4.37. The zero-order valence-electron chi connectivity index (χ0n) is 20.7. The molecule has 2 unspecified atom stereocenters. The van der Waals surface area contributed by atoms with Crippen LogP contribution in [0.2, 0.25) is 0 Å². The lowest BCUT2D eigenvalue weighted by atomic mass is 9.80. The first-order valence-electron chi connectivity index (χ1n) is 12.2. The van der Waals surface area contributed by atoms with Crippen molar-refractivity contribution in [3.63, 3.8) is 0 Å². The van der Waals surface area contributed by atoms with Gasteiger partial charge in [-0.1, -0.05) is 46.3 Å². The van der Waals surface area contributed by atoms with Crippen LogP contribution in [0, 0.1) is 5.92 Å². The van der Waals surface area contributed by atoms with Gasteiger partial charge in [-0.3, -0.25) is 0 Å². The Morgan fingerprint density at radius 2 is 1.81 bits per heavy atom. The molecule has 37 heavy (non-hydrogen) atoms. The van der Waals surface area contributed by atoms with E-state index in [0.29, 0.717) is 22.9 Å². The molecule has 1 aliphatic carbocycles. The summed E-state index contributed by atoms with van der Waals surface area (Å²) in [5, 5.41) is 4.40. The minimum Gasteiger partial charge on any atom is -0.493 e. The molecule has 0 fully saturated rings. The topological polar surface area (TPSA) is 82.6 Å². The van der Waals surface area contributed by atoms with Gasteiger partial charge in [-0.25, -0.2) is 14.8 Å². The highest BCUT2D eigenvalue weighted by Crippen LogP contribution is 2.35. The third-order valence-corrected chi connectivity index (χ3v) is 7.36. The smallest absolute Gasteiger partial charge is 0.338 e. The van der Waals surface area contributed by atoms with Crippen LogP contribution in [0.15, 0.2) is 71.5 Å². The Labute approximate surface area is 224 Å². The molecule has 190 valence electrons. The quantitative estimate of drug-likeness (QED) is 0.270. The van der Waals surface area contributed by atoms with Gasteiger partial charge >= 0.3 is 5.97 Å². The van der Waals surface area contributed by atoms with E-state index in [-0.39, 0.29) is 24.5 Å². The van der Waals surface area contributed by atoms with Gasteiger partial charge in [0.15, 0.2) is 11.5 Å². The minimum absolute atomic E-state index is 0.157. The molecule has 0 spiro atoms. The third kappa shape index (κ3) is 5.54. The number of ether oxygens (including phenoxy) is 3. The fourth-order valence-corrected chi connectivity index (χ4v) is 5.30. The van der Waals surface area contributed by atoms with Crippen molar-refractivity contribution in [2.75, 3.05) is 26.1 Å². The van der Waals surface area contributed by atoms with E-state index < -0.39 is 0 Å². The molecule has 0 amide bonds. The maximum Gasteiger partial charge on any atom is 0.338 e. The summed E-state index contributed by atoms with van der Waals surface area (Å²) in [6.45, 7) is 0.205. The summed E-state index contributed by atoms with van der Waals surface area (Å²) in [6, 6.07) is 19.3. The summed E-state index contributed by atoms with van der Waals surface area (Å²) in [4.78, 5) is 21.8. The van der Waals surface area contributed by atoms with E-state index >= 15 is 0 Å². The highest BCUT2D eigenvalue weighted by Gasteiger charge is 2.28. The molecule has 4 aromatic rings. The first-order chi connectivity index (χ1) is 18.1. The molecule has 1 aliphatic rings. The standard InChI is InChI=1S/C29H28BrN3O4/c1-35-26-14-23-24(15-27(26)36-2)31-17-32-28(23)33-25(16-37-29(34)21-8-5-9-22(30)13-21)20-11-10-18-6-3-4-7-19(18)12-20/h3-9,13-15,17,20,25H,10-12,16H2,1-2H3,(H,31,32,33). The largest absolute Gasteiger partial charge is 0.493 e. The first kappa shape index (κ1) is 25.0. The molecule has 2 atom stereocenters. The normalized spacial score (nSPS) is 15.5. The van der Waals surface area contributed by atoms with Crippen LogP contribution in [-0.4, -0.2) is 42.8 Å². The molecule has 0 saturated heterocycles. The van der Waals surface area contributed by atoms with Gasteiger partial charge in [0.25, 0.3) is 0 Å². The van der Waals surface area contributed by atoms with Crippen LogP contribution >= 0.6 is 15.9 Å². The Bertz CT molecular complexity index is 1430. The summed E-state index contributed by atoms with van der Waals surface area (Å²) in [5.41, 5.74) is 3.95. The number of hydrogen-bond acceptors (Lipinski definition) is 7. The Morgan fingerprint density at radius 1 is 1.03 bits per heavy atom. The van der Waals surface area contributed by atoms with Crippen molar-refractivity contribution in [1.29, 1.82) is 0 Å². The van der Waals surface area contributed by atoms with Gasteiger partial charge in [-0.2, -0.15) is 0 Å². The van der Waals surface area contributed by atoms with Gasteiger partial charge in [0.05, 0.1) is 31.3 Å². The number of halogens is 1. The predicted molar refractivity (Wildman–Crippen MR) is 146 cm³/mol. The highest BCUT2D eigenvalue weighted by molar-refractivity contribution is 9.10. The number of aryl methyl sites for hydroxylation is 1. The average Bonchev–Trinajstić information content (AvgIpc) is 2.94. The number of anilines is 1. The molecule has 3 aromatic carbocycles. The summed E-state index contributed by atoms with van der Waals surface area (Å²) < 4.78 is 17.6. The van der Waals surface area contributed by atoms with E-state index in [1.807, 2.05) is 24.3 Å². The molecule has 0 saturated carbocycles. The van der Waals surface area contributed by atoms with Crippen molar-refractivity contribution in [3.8, 4) is 11.5 Å². The number of esters is 1. The maximum absolute atomic E-state index is 12.9. The Kier molecular flexibility index (Phi) is 7.55. The zero-order chi connectivity index (χ0) is 25.8. The number of fused-ring (bicyclic) bond motifs is 2. The number of methoxy groups -OCH3 is 2. The second kappa shape index (κ2) is 11.2. The van der Waals surface area contributed by atoms with E-state index in [1.165, 1.54) is 17.5 Å². The van der Waals surface area contributed by atoms with Crippen molar-refractivity contribution in [3.05, 3.63) is 88.2 Å². The molecule has 1 N–H and O–H groups in total. The van der Waals surface area contributed by atoms with Gasteiger partial charge < -0.3 is 19.5 Å². The Hall–Kier alpha value is -3.65. The molecule has 1 heterocycles. The molecule has 0 bridgehead atoms. The maximum atomic E-state index is 12.9. The lowest BCUT2D eigenvalue weighted by molar-refractivity contribution is 0.0462. The van der Waals surface area contributed by atoms with Crippen LogP contribution in [0.5, 0.6) is 11.5 Å². The van der Waals surface area contributed by atoms with Crippen LogP contribution in [0.25, 0.3) is 10.9 Å². The zero-order valence-corrected chi connectivity index (χ0v) is 22.3.